The Bertz CT molecular complexity index is 1530. The number of carbonyl (C=O) groups is 2. The lowest BCUT2D eigenvalue weighted by molar-refractivity contribution is 0.0637. The lowest BCUT2D eigenvalue weighted by atomic mass is 10.0. The number of hydrogen-bond donors (Lipinski definition) is 0. The Morgan fingerprint density at radius 2 is 1.20 bits per heavy atom. The molecule has 0 heterocycles. The first kappa shape index (κ1) is 33.3. The maximum absolute atomic E-state index is 12.4. The van der Waals surface area contributed by atoms with Crippen molar-refractivity contribution in [2.45, 2.75) is 64.7 Å². The Hall–Kier alpha value is -5.20. The van der Waals surface area contributed by atoms with Crippen molar-refractivity contribution in [3.8, 4) is 17.9 Å². The van der Waals surface area contributed by atoms with Crippen LogP contribution in [0.15, 0.2) is 109 Å². The predicted molar refractivity (Wildman–Crippen MR) is 172 cm³/mol. The molecule has 0 aliphatic rings. The molecule has 6 heteroatoms. The second-order valence-corrected chi connectivity index (χ2v) is 10.4. The second-order valence-electron chi connectivity index (χ2n) is 10.4. The number of ether oxygens (including phenoxy) is 2. The summed E-state index contributed by atoms with van der Waals surface area (Å²) in [5.41, 5.74) is 4.36. The van der Waals surface area contributed by atoms with Crippen LogP contribution in [-0.4, -0.2) is 11.9 Å². The molecule has 0 aliphatic carbocycles. The van der Waals surface area contributed by atoms with Gasteiger partial charge in [0.15, 0.2) is 0 Å². The van der Waals surface area contributed by atoms with Gasteiger partial charge in [-0.1, -0.05) is 69.0 Å². The van der Waals surface area contributed by atoms with Gasteiger partial charge in [-0.15, -0.1) is 0 Å². The van der Waals surface area contributed by atoms with Crippen LogP contribution in [0.25, 0.3) is 0 Å². The van der Waals surface area contributed by atoms with Gasteiger partial charge in [0.25, 0.3) is 0 Å². The summed E-state index contributed by atoms with van der Waals surface area (Å²) < 4.78 is 10.6. The highest BCUT2D eigenvalue weighted by Crippen LogP contribution is 2.17. The number of esters is 2. The third-order valence-corrected chi connectivity index (χ3v) is 7.12. The van der Waals surface area contributed by atoms with E-state index in [2.05, 4.69) is 6.58 Å². The highest BCUT2D eigenvalue weighted by molar-refractivity contribution is 5.91. The summed E-state index contributed by atoms with van der Waals surface area (Å²) in [4.78, 5) is 24.7. The number of nitrogens with zero attached hydrogens (tertiary/aromatic N) is 2. The molecule has 0 atom stereocenters. The lowest BCUT2D eigenvalue weighted by Crippen LogP contribution is -2.08. The van der Waals surface area contributed by atoms with Crippen LogP contribution in [0.4, 0.5) is 0 Å². The number of carbonyl (C=O) groups excluding carboxylic acids is 2. The van der Waals surface area contributed by atoms with Gasteiger partial charge in [-0.25, -0.2) is 9.59 Å². The molecule has 3 rings (SSSR count). The summed E-state index contributed by atoms with van der Waals surface area (Å²) in [6.07, 6.45) is 14.9. The highest BCUT2D eigenvalue weighted by Gasteiger charge is 2.10. The predicted octanol–water partition coefficient (Wildman–Crippen LogP) is 8.99. The van der Waals surface area contributed by atoms with Crippen LogP contribution < -0.4 is 4.74 Å². The van der Waals surface area contributed by atoms with Gasteiger partial charge in [0.05, 0.1) is 28.8 Å². The number of unbranched alkanes of at least 4 members (excludes halogenated alkanes) is 6. The monoisotopic (exact) mass is 586 g/mol. The van der Waals surface area contributed by atoms with Gasteiger partial charge in [-0.3, -0.25) is 0 Å². The lowest BCUT2D eigenvalue weighted by Gasteiger charge is -2.07. The standard InChI is InChI=1S/C38H38N2O4/c1-3-30(27-39)14-13-29(2)43-37(41)34-21-15-31(16-22-34)11-9-7-5-4-6-8-10-12-32-17-23-35(24-18-32)38(42)44-36-25-19-33(28-40)20-26-36/h3,13-26H,2,4-12H2,1H3/b14-13-,30-3+. The molecule has 0 aromatic heterocycles. The van der Waals surface area contributed by atoms with Crippen molar-refractivity contribution < 1.29 is 19.1 Å². The molecule has 0 saturated carbocycles. The maximum Gasteiger partial charge on any atom is 0.343 e. The summed E-state index contributed by atoms with van der Waals surface area (Å²) in [5.74, 6) is -0.278. The molecule has 0 saturated heterocycles. The van der Waals surface area contributed by atoms with Crippen molar-refractivity contribution in [2.24, 2.45) is 0 Å². The maximum atomic E-state index is 12.4. The summed E-state index contributed by atoms with van der Waals surface area (Å²) in [6, 6.07) is 25.6. The smallest absolute Gasteiger partial charge is 0.343 e. The topological polar surface area (TPSA) is 100 Å². The number of benzene rings is 3. The minimum atomic E-state index is -0.469. The largest absolute Gasteiger partial charge is 0.424 e. The van der Waals surface area contributed by atoms with E-state index in [4.69, 9.17) is 20.0 Å². The van der Waals surface area contributed by atoms with Crippen molar-refractivity contribution >= 4 is 11.9 Å². The molecular weight excluding hydrogens is 548 g/mol. The average Bonchev–Trinajstić information content (AvgIpc) is 3.05. The zero-order valence-corrected chi connectivity index (χ0v) is 25.3. The van der Waals surface area contributed by atoms with E-state index in [1.807, 2.05) is 36.4 Å². The number of allylic oxidation sites excluding steroid dienone is 4. The Balaban J connectivity index is 1.24. The van der Waals surface area contributed by atoms with Gasteiger partial charge in [-0.2, -0.15) is 10.5 Å². The fourth-order valence-corrected chi connectivity index (χ4v) is 4.51. The summed E-state index contributed by atoms with van der Waals surface area (Å²) in [7, 11) is 0. The molecule has 3 aromatic rings. The fraction of sp³-hybridized carbons (Fsp3) is 0.263. The van der Waals surface area contributed by atoms with Crippen LogP contribution >= 0.6 is 0 Å². The molecule has 3 aromatic carbocycles. The Morgan fingerprint density at radius 1 is 0.705 bits per heavy atom. The van der Waals surface area contributed by atoms with Crippen LogP contribution in [0.5, 0.6) is 5.75 Å². The van der Waals surface area contributed by atoms with Crippen LogP contribution in [0, 0.1) is 22.7 Å². The first-order chi connectivity index (χ1) is 21.4. The number of rotatable bonds is 16. The van der Waals surface area contributed by atoms with E-state index in [0.717, 1.165) is 25.7 Å². The van der Waals surface area contributed by atoms with Crippen molar-refractivity contribution in [3.05, 3.63) is 137 Å². The molecule has 44 heavy (non-hydrogen) atoms. The fourth-order valence-electron chi connectivity index (χ4n) is 4.51. The minimum absolute atomic E-state index is 0.184. The van der Waals surface area contributed by atoms with Crippen LogP contribution in [-0.2, 0) is 17.6 Å². The van der Waals surface area contributed by atoms with Gasteiger partial charge in [0, 0.05) is 5.57 Å². The summed E-state index contributed by atoms with van der Waals surface area (Å²) >= 11 is 0. The molecule has 0 bridgehead atoms. The molecule has 0 radical (unpaired) electrons. The quantitative estimate of drug-likeness (QED) is 0.0415. The molecule has 0 amide bonds. The normalized spacial score (nSPS) is 11.0. The Labute approximate surface area is 260 Å². The zero-order valence-electron chi connectivity index (χ0n) is 25.3. The summed E-state index contributed by atoms with van der Waals surface area (Å²) in [5, 5.41) is 17.8. The van der Waals surface area contributed by atoms with E-state index in [0.29, 0.717) is 28.0 Å². The molecular formula is C38H38N2O4. The van der Waals surface area contributed by atoms with Crippen molar-refractivity contribution in [3.63, 3.8) is 0 Å². The van der Waals surface area contributed by atoms with E-state index in [-0.39, 0.29) is 5.76 Å². The highest BCUT2D eigenvalue weighted by atomic mass is 16.5. The van der Waals surface area contributed by atoms with Crippen molar-refractivity contribution in [2.75, 3.05) is 0 Å². The molecule has 6 nitrogen and oxygen atoms in total. The van der Waals surface area contributed by atoms with Crippen LogP contribution in [0.1, 0.15) is 89.3 Å². The summed E-state index contributed by atoms with van der Waals surface area (Å²) in [6.45, 7) is 5.47. The van der Waals surface area contributed by atoms with Gasteiger partial charge >= 0.3 is 11.9 Å². The van der Waals surface area contributed by atoms with E-state index in [9.17, 15) is 9.59 Å². The van der Waals surface area contributed by atoms with E-state index >= 15 is 0 Å². The molecule has 0 unspecified atom stereocenters. The first-order valence-corrected chi connectivity index (χ1v) is 15.0. The van der Waals surface area contributed by atoms with Crippen LogP contribution in [0.2, 0.25) is 0 Å². The van der Waals surface area contributed by atoms with Crippen LogP contribution in [0.3, 0.4) is 0 Å². The number of hydrogen-bond acceptors (Lipinski definition) is 6. The third kappa shape index (κ3) is 11.6. The number of nitriles is 2. The second kappa shape index (κ2) is 18.4. The van der Waals surface area contributed by atoms with E-state index in [1.165, 1.54) is 49.3 Å². The van der Waals surface area contributed by atoms with E-state index in [1.54, 1.807) is 67.6 Å². The van der Waals surface area contributed by atoms with E-state index < -0.39 is 11.9 Å². The van der Waals surface area contributed by atoms with Gasteiger partial charge in [-0.05, 0) is 104 Å². The first-order valence-electron chi connectivity index (χ1n) is 15.0. The van der Waals surface area contributed by atoms with Crippen molar-refractivity contribution in [1.82, 2.24) is 0 Å². The van der Waals surface area contributed by atoms with Gasteiger partial charge < -0.3 is 9.47 Å². The molecule has 0 fully saturated rings. The molecule has 0 aliphatic heterocycles. The van der Waals surface area contributed by atoms with Gasteiger partial charge in [0.1, 0.15) is 11.5 Å². The minimum Gasteiger partial charge on any atom is -0.424 e. The zero-order chi connectivity index (χ0) is 31.6. The molecule has 0 spiro atoms. The third-order valence-electron chi connectivity index (χ3n) is 7.12. The molecule has 0 N–H and O–H groups in total. The van der Waals surface area contributed by atoms with Gasteiger partial charge in [0.2, 0.25) is 0 Å². The Morgan fingerprint density at radius 3 is 1.68 bits per heavy atom. The Kier molecular flexibility index (Phi) is 13.9. The van der Waals surface area contributed by atoms with Crippen molar-refractivity contribution in [1.29, 1.82) is 10.5 Å². The number of aryl methyl sites for hydroxylation is 2. The SMILES string of the molecule is C=C(/C=C\C(C#N)=C/C)OC(=O)c1ccc(CCCCCCCCCc2ccc(C(=O)Oc3ccc(C#N)cc3)cc2)cc1. The molecule has 224 valence electrons. The average molecular weight is 587 g/mol.